The minimum atomic E-state index is -0.0995. The molecule has 0 aromatic carbocycles. The van der Waals surface area contributed by atoms with Gasteiger partial charge in [-0.15, -0.1) is 0 Å². The highest BCUT2D eigenvalue weighted by atomic mass is 16.3. The Labute approximate surface area is 50.1 Å². The van der Waals surface area contributed by atoms with Gasteiger partial charge in [0.1, 0.15) is 6.10 Å². The van der Waals surface area contributed by atoms with Crippen LogP contribution < -0.4 is 4.90 Å². The molecule has 1 rings (SSSR count). The monoisotopic (exact) mass is 115 g/mol. The fourth-order valence-corrected chi connectivity index (χ4v) is 1.16. The predicted molar refractivity (Wildman–Crippen MR) is 31.3 cm³/mol. The van der Waals surface area contributed by atoms with Crippen molar-refractivity contribution in [3.63, 3.8) is 0 Å². The summed E-state index contributed by atoms with van der Waals surface area (Å²) in [5.74, 6) is 0. The number of quaternary nitrogens is 1. The van der Waals surface area contributed by atoms with Crippen LogP contribution in [0.5, 0.6) is 0 Å². The molecule has 1 unspecified atom stereocenters. The van der Waals surface area contributed by atoms with Gasteiger partial charge in [0.25, 0.3) is 0 Å². The number of aliphatic hydroxyl groups excluding tert-OH is 1. The molecule has 1 heterocycles. The summed E-state index contributed by atoms with van der Waals surface area (Å²) < 4.78 is 0. The fraction of sp³-hybridized carbons (Fsp3) is 0.833. The summed E-state index contributed by atoms with van der Waals surface area (Å²) in [6, 6.07) is 0.546. The molecular weight excluding hydrogens is 102 g/mol. The van der Waals surface area contributed by atoms with Crippen molar-refractivity contribution in [3.8, 4) is 0 Å². The van der Waals surface area contributed by atoms with Gasteiger partial charge in [-0.05, 0) is 6.92 Å². The second-order valence-corrected chi connectivity index (χ2v) is 2.65. The average molecular weight is 115 g/mol. The lowest BCUT2D eigenvalue weighted by Gasteiger charge is -2.17. The van der Waals surface area contributed by atoms with E-state index in [1.165, 1.54) is 4.90 Å². The molecule has 8 heavy (non-hydrogen) atoms. The topological polar surface area (TPSA) is 24.7 Å². The van der Waals surface area contributed by atoms with Crippen molar-refractivity contribution in [1.82, 2.24) is 0 Å². The van der Waals surface area contributed by atoms with E-state index in [4.69, 9.17) is 5.11 Å². The van der Waals surface area contributed by atoms with Gasteiger partial charge in [0.05, 0.1) is 12.6 Å². The molecule has 1 aliphatic heterocycles. The molecule has 1 saturated heterocycles. The first-order valence-corrected chi connectivity index (χ1v) is 3.06. The molecule has 1 aliphatic rings. The Morgan fingerprint density at radius 1 is 1.75 bits per heavy atom. The SMILES string of the molecule is [CH2-][NH+]1C[C@@H](O)C[C@@H]1C. The van der Waals surface area contributed by atoms with Crippen molar-refractivity contribution in [2.45, 2.75) is 25.5 Å². The number of nitrogens with one attached hydrogen (secondary N) is 1. The van der Waals surface area contributed by atoms with Crippen molar-refractivity contribution in [3.05, 3.63) is 7.05 Å². The first-order chi connectivity index (χ1) is 3.70. The van der Waals surface area contributed by atoms with Crippen LogP contribution in [0.2, 0.25) is 0 Å². The Kier molecular flexibility index (Phi) is 1.54. The van der Waals surface area contributed by atoms with E-state index in [1.54, 1.807) is 0 Å². The van der Waals surface area contributed by atoms with E-state index in [2.05, 4.69) is 14.0 Å². The zero-order valence-corrected chi connectivity index (χ0v) is 5.22. The number of hydrogen-bond acceptors (Lipinski definition) is 1. The minimum Gasteiger partial charge on any atom is -0.463 e. The highest BCUT2D eigenvalue weighted by Crippen LogP contribution is 1.98. The molecule has 48 valence electrons. The van der Waals surface area contributed by atoms with Gasteiger partial charge in [0, 0.05) is 6.42 Å². The lowest BCUT2D eigenvalue weighted by molar-refractivity contribution is -0.865. The molecule has 3 atom stereocenters. The molecule has 0 saturated carbocycles. The normalized spacial score (nSPS) is 47.6. The average Bonchev–Trinajstić information content (AvgIpc) is 1.85. The van der Waals surface area contributed by atoms with Gasteiger partial charge in [-0.3, -0.25) is 0 Å². The number of aliphatic hydroxyl groups is 1. The van der Waals surface area contributed by atoms with E-state index < -0.39 is 0 Å². The lowest BCUT2D eigenvalue weighted by atomic mass is 10.2. The highest BCUT2D eigenvalue weighted by molar-refractivity contribution is 4.65. The van der Waals surface area contributed by atoms with E-state index in [0.717, 1.165) is 13.0 Å². The van der Waals surface area contributed by atoms with E-state index in [-0.39, 0.29) is 6.10 Å². The molecule has 0 radical (unpaired) electrons. The fourth-order valence-electron chi connectivity index (χ4n) is 1.16. The van der Waals surface area contributed by atoms with Crippen LogP contribution >= 0.6 is 0 Å². The maximum absolute atomic E-state index is 9.01. The quantitative estimate of drug-likeness (QED) is 0.381. The molecule has 0 aromatic heterocycles. The van der Waals surface area contributed by atoms with E-state index in [1.807, 2.05) is 0 Å². The van der Waals surface area contributed by atoms with Crippen molar-refractivity contribution >= 4 is 0 Å². The largest absolute Gasteiger partial charge is 0.463 e. The second kappa shape index (κ2) is 2.03. The van der Waals surface area contributed by atoms with Crippen LogP contribution in [0, 0.1) is 7.05 Å². The van der Waals surface area contributed by atoms with Crippen LogP contribution in [0.25, 0.3) is 0 Å². The summed E-state index contributed by atoms with van der Waals surface area (Å²) in [5, 5.41) is 9.01. The third-order valence-electron chi connectivity index (χ3n) is 1.82. The zero-order chi connectivity index (χ0) is 6.15. The van der Waals surface area contributed by atoms with Gasteiger partial charge in [-0.1, -0.05) is 0 Å². The summed E-state index contributed by atoms with van der Waals surface area (Å²) in [4.78, 5) is 1.21. The van der Waals surface area contributed by atoms with Crippen LogP contribution in [-0.4, -0.2) is 23.8 Å². The molecule has 2 nitrogen and oxygen atoms in total. The standard InChI is InChI=1S/C6H13NO/c1-5-3-6(8)4-7(5)2/h5-8H,2-4H2,1H3/t5-,6-/m0/s1. The number of likely N-dealkylation sites (tertiary alicyclic amines) is 1. The van der Waals surface area contributed by atoms with Gasteiger partial charge >= 0.3 is 0 Å². The third-order valence-corrected chi connectivity index (χ3v) is 1.82. The van der Waals surface area contributed by atoms with Crippen molar-refractivity contribution in [2.24, 2.45) is 0 Å². The van der Waals surface area contributed by atoms with Gasteiger partial charge in [-0.2, -0.15) is 7.05 Å². The van der Waals surface area contributed by atoms with Crippen molar-refractivity contribution < 1.29 is 10.0 Å². The molecule has 0 amide bonds. The Balaban J connectivity index is 2.39. The first-order valence-electron chi connectivity index (χ1n) is 3.06. The lowest BCUT2D eigenvalue weighted by Crippen LogP contribution is -3.08. The summed E-state index contributed by atoms with van der Waals surface area (Å²) in [7, 11) is 3.83. The Morgan fingerprint density at radius 2 is 2.38 bits per heavy atom. The number of hydrogen-bond donors (Lipinski definition) is 2. The first kappa shape index (κ1) is 6.05. The van der Waals surface area contributed by atoms with Crippen LogP contribution in [0.4, 0.5) is 0 Å². The molecule has 0 aromatic rings. The molecule has 2 N–H and O–H groups in total. The smallest absolute Gasteiger partial charge is 0.106 e. The van der Waals surface area contributed by atoms with Crippen LogP contribution in [0.3, 0.4) is 0 Å². The Morgan fingerprint density at radius 3 is 2.50 bits per heavy atom. The summed E-state index contributed by atoms with van der Waals surface area (Å²) in [6.07, 6.45) is 0.816. The molecule has 0 aliphatic carbocycles. The van der Waals surface area contributed by atoms with Crippen LogP contribution in [0.15, 0.2) is 0 Å². The summed E-state index contributed by atoms with van der Waals surface area (Å²) in [6.45, 7) is 2.93. The minimum absolute atomic E-state index is 0.0995. The summed E-state index contributed by atoms with van der Waals surface area (Å²) in [5.41, 5.74) is 0. The van der Waals surface area contributed by atoms with Gasteiger partial charge in [0.2, 0.25) is 0 Å². The maximum Gasteiger partial charge on any atom is 0.106 e. The maximum atomic E-state index is 9.01. The van der Waals surface area contributed by atoms with Crippen LogP contribution in [-0.2, 0) is 0 Å². The highest BCUT2D eigenvalue weighted by Gasteiger charge is 2.24. The Bertz CT molecular complexity index is 74.6. The van der Waals surface area contributed by atoms with E-state index in [9.17, 15) is 0 Å². The van der Waals surface area contributed by atoms with Gasteiger partial charge < -0.3 is 10.0 Å². The van der Waals surface area contributed by atoms with Crippen LogP contribution in [0.1, 0.15) is 13.3 Å². The van der Waals surface area contributed by atoms with Crippen molar-refractivity contribution in [1.29, 1.82) is 0 Å². The predicted octanol–water partition coefficient (Wildman–Crippen LogP) is -1.18. The number of rotatable bonds is 0. The van der Waals surface area contributed by atoms with Gasteiger partial charge in [-0.25, -0.2) is 0 Å². The molecular formula is C6H13NO. The molecule has 2 heteroatoms. The van der Waals surface area contributed by atoms with Crippen molar-refractivity contribution in [2.75, 3.05) is 6.54 Å². The third kappa shape index (κ3) is 1.01. The zero-order valence-electron chi connectivity index (χ0n) is 5.22. The summed E-state index contributed by atoms with van der Waals surface area (Å²) >= 11 is 0. The van der Waals surface area contributed by atoms with E-state index >= 15 is 0 Å². The molecule has 0 bridgehead atoms. The van der Waals surface area contributed by atoms with Gasteiger partial charge in [0.15, 0.2) is 0 Å². The Hall–Kier alpha value is -0.0800. The second-order valence-electron chi connectivity index (χ2n) is 2.65. The molecule has 1 fully saturated rings. The van der Waals surface area contributed by atoms with E-state index in [0.29, 0.717) is 6.04 Å². The molecule has 0 spiro atoms.